The number of hydrogen-bond acceptors (Lipinski definition) is 3. The Kier molecular flexibility index (Phi) is 5.39. The molecule has 0 N–H and O–H groups in total. The average Bonchev–Trinajstić information content (AvgIpc) is 2.63. The Morgan fingerprint density at radius 1 is 1.00 bits per heavy atom. The van der Waals surface area contributed by atoms with Crippen molar-refractivity contribution in [1.29, 1.82) is 0 Å². The molecule has 128 valence electrons. The van der Waals surface area contributed by atoms with Crippen LogP contribution in [0.4, 0.5) is 0 Å². The van der Waals surface area contributed by atoms with Gasteiger partial charge >= 0.3 is 5.97 Å². The molecule has 0 heterocycles. The van der Waals surface area contributed by atoms with Crippen LogP contribution in [0.3, 0.4) is 0 Å². The van der Waals surface area contributed by atoms with Crippen molar-refractivity contribution in [2.45, 2.75) is 13.8 Å². The first-order valence-corrected chi connectivity index (χ1v) is 8.96. The number of fused-ring (bicyclic) bond motifs is 1. The van der Waals surface area contributed by atoms with Gasteiger partial charge in [0.1, 0.15) is 11.5 Å². The van der Waals surface area contributed by atoms with E-state index in [1.807, 2.05) is 30.3 Å². The summed E-state index contributed by atoms with van der Waals surface area (Å²) in [6.45, 7) is 4.83. The zero-order valence-corrected chi connectivity index (χ0v) is 15.7. The molecule has 0 bridgehead atoms. The van der Waals surface area contributed by atoms with Crippen LogP contribution in [0, 0.1) is 5.92 Å². The molecule has 0 spiro atoms. The summed E-state index contributed by atoms with van der Waals surface area (Å²) in [4.78, 5) is 12.4. The molecule has 0 saturated heterocycles. The third kappa shape index (κ3) is 4.20. The second-order valence-corrected chi connectivity index (χ2v) is 7.01. The molecule has 0 aliphatic heterocycles. The van der Waals surface area contributed by atoms with Crippen LogP contribution in [0.2, 0.25) is 0 Å². The smallest absolute Gasteiger partial charge is 0.343 e. The summed E-state index contributed by atoms with van der Waals surface area (Å²) < 4.78 is 12.0. The number of ether oxygens (including phenoxy) is 2. The number of halogens is 1. The van der Waals surface area contributed by atoms with E-state index in [1.165, 1.54) is 0 Å². The Bertz CT molecular complexity index is 885. The highest BCUT2D eigenvalue weighted by Crippen LogP contribution is 2.33. The number of carbonyl (C=O) groups excluding carboxylic acids is 1. The Labute approximate surface area is 155 Å². The van der Waals surface area contributed by atoms with Gasteiger partial charge in [0, 0.05) is 0 Å². The van der Waals surface area contributed by atoms with Crippen molar-refractivity contribution in [1.82, 2.24) is 0 Å². The van der Waals surface area contributed by atoms with E-state index in [1.54, 1.807) is 30.3 Å². The molecule has 3 aromatic rings. The lowest BCUT2D eigenvalue weighted by atomic mass is 10.1. The third-order valence-corrected chi connectivity index (χ3v) is 4.52. The van der Waals surface area contributed by atoms with Crippen LogP contribution in [0.15, 0.2) is 65.1 Å². The standard InChI is InChI=1S/C21H19BrO3/c1-14(2)13-24-17-10-7-16(8-11-17)21(23)25-19-12-9-15-5-3-4-6-18(15)20(19)22/h3-12,14H,13H2,1-2H3. The molecule has 0 aromatic heterocycles. The van der Waals surface area contributed by atoms with Gasteiger partial charge in [-0.15, -0.1) is 0 Å². The second kappa shape index (κ2) is 7.70. The molecule has 0 fully saturated rings. The fourth-order valence-electron chi connectivity index (χ4n) is 2.40. The zero-order chi connectivity index (χ0) is 17.8. The predicted octanol–water partition coefficient (Wildman–Crippen LogP) is 5.86. The van der Waals surface area contributed by atoms with Crippen LogP contribution in [0.25, 0.3) is 10.8 Å². The van der Waals surface area contributed by atoms with Crippen molar-refractivity contribution in [2.75, 3.05) is 6.61 Å². The lowest BCUT2D eigenvalue weighted by Gasteiger charge is -2.10. The number of rotatable bonds is 5. The maximum atomic E-state index is 12.4. The van der Waals surface area contributed by atoms with Gasteiger partial charge in [0.25, 0.3) is 0 Å². The number of hydrogen-bond donors (Lipinski definition) is 0. The highest BCUT2D eigenvalue weighted by molar-refractivity contribution is 9.10. The summed E-state index contributed by atoms with van der Waals surface area (Å²) in [5, 5.41) is 2.09. The molecule has 3 rings (SSSR count). The second-order valence-electron chi connectivity index (χ2n) is 6.22. The van der Waals surface area contributed by atoms with E-state index in [0.717, 1.165) is 21.0 Å². The van der Waals surface area contributed by atoms with Crippen LogP contribution < -0.4 is 9.47 Å². The average molecular weight is 399 g/mol. The van der Waals surface area contributed by atoms with Crippen molar-refractivity contribution in [3.8, 4) is 11.5 Å². The molecule has 3 aromatic carbocycles. The maximum Gasteiger partial charge on any atom is 0.343 e. The van der Waals surface area contributed by atoms with Crippen molar-refractivity contribution >= 4 is 32.7 Å². The molecule has 25 heavy (non-hydrogen) atoms. The van der Waals surface area contributed by atoms with E-state index in [4.69, 9.17) is 9.47 Å². The van der Waals surface area contributed by atoms with Crippen molar-refractivity contribution in [2.24, 2.45) is 5.92 Å². The summed E-state index contributed by atoms with van der Waals surface area (Å²) >= 11 is 3.53. The van der Waals surface area contributed by atoms with Gasteiger partial charge in [0.05, 0.1) is 16.6 Å². The van der Waals surface area contributed by atoms with E-state index in [-0.39, 0.29) is 0 Å². The fourth-order valence-corrected chi connectivity index (χ4v) is 2.98. The van der Waals surface area contributed by atoms with Gasteiger partial charge in [-0.2, -0.15) is 0 Å². The van der Waals surface area contributed by atoms with E-state index < -0.39 is 5.97 Å². The van der Waals surface area contributed by atoms with Gasteiger partial charge in [-0.05, 0) is 63.0 Å². The maximum absolute atomic E-state index is 12.4. The summed E-state index contributed by atoms with van der Waals surface area (Å²) in [6, 6.07) is 18.7. The fraction of sp³-hybridized carbons (Fsp3) is 0.190. The van der Waals surface area contributed by atoms with Crippen LogP contribution in [-0.4, -0.2) is 12.6 Å². The van der Waals surface area contributed by atoms with E-state index >= 15 is 0 Å². The summed E-state index contributed by atoms with van der Waals surface area (Å²) in [6.07, 6.45) is 0. The first-order valence-electron chi connectivity index (χ1n) is 8.17. The number of carbonyl (C=O) groups is 1. The van der Waals surface area contributed by atoms with Crippen LogP contribution in [0.5, 0.6) is 11.5 Å². The molecule has 0 amide bonds. The molecule has 0 atom stereocenters. The summed E-state index contributed by atoms with van der Waals surface area (Å²) in [5.74, 6) is 1.31. The van der Waals surface area contributed by atoms with Gasteiger partial charge in [0.15, 0.2) is 0 Å². The minimum absolute atomic E-state index is 0.397. The zero-order valence-electron chi connectivity index (χ0n) is 14.2. The molecule has 0 radical (unpaired) electrons. The molecule has 0 saturated carbocycles. The number of esters is 1. The Morgan fingerprint density at radius 3 is 2.44 bits per heavy atom. The lowest BCUT2D eigenvalue weighted by molar-refractivity contribution is 0.0734. The molecule has 0 aliphatic rings. The summed E-state index contributed by atoms with van der Waals surface area (Å²) in [7, 11) is 0. The predicted molar refractivity (Wildman–Crippen MR) is 103 cm³/mol. The minimum Gasteiger partial charge on any atom is -0.493 e. The Morgan fingerprint density at radius 2 is 1.72 bits per heavy atom. The third-order valence-electron chi connectivity index (χ3n) is 3.70. The van der Waals surface area contributed by atoms with E-state index in [9.17, 15) is 4.79 Å². The van der Waals surface area contributed by atoms with Crippen molar-refractivity contribution in [3.05, 3.63) is 70.7 Å². The Hall–Kier alpha value is -2.33. The molecule has 0 aliphatic carbocycles. The highest BCUT2D eigenvalue weighted by atomic mass is 79.9. The molecule has 0 unspecified atom stereocenters. The largest absolute Gasteiger partial charge is 0.493 e. The normalized spacial score (nSPS) is 10.9. The lowest BCUT2D eigenvalue weighted by Crippen LogP contribution is -2.09. The SMILES string of the molecule is CC(C)COc1ccc(C(=O)Oc2ccc3ccccc3c2Br)cc1. The van der Waals surface area contributed by atoms with Gasteiger partial charge in [-0.1, -0.05) is 44.2 Å². The molecule has 3 nitrogen and oxygen atoms in total. The van der Waals surface area contributed by atoms with Gasteiger partial charge in [0.2, 0.25) is 0 Å². The molecular formula is C21H19BrO3. The minimum atomic E-state index is -0.397. The van der Waals surface area contributed by atoms with E-state index in [0.29, 0.717) is 23.8 Å². The summed E-state index contributed by atoms with van der Waals surface area (Å²) in [5.41, 5.74) is 0.483. The topological polar surface area (TPSA) is 35.5 Å². The van der Waals surface area contributed by atoms with Gasteiger partial charge in [-0.3, -0.25) is 0 Å². The van der Waals surface area contributed by atoms with Crippen LogP contribution in [0.1, 0.15) is 24.2 Å². The number of benzene rings is 3. The van der Waals surface area contributed by atoms with Crippen molar-refractivity contribution < 1.29 is 14.3 Å². The van der Waals surface area contributed by atoms with Crippen LogP contribution >= 0.6 is 15.9 Å². The first kappa shape index (κ1) is 17.5. The monoisotopic (exact) mass is 398 g/mol. The highest BCUT2D eigenvalue weighted by Gasteiger charge is 2.13. The van der Waals surface area contributed by atoms with Gasteiger partial charge < -0.3 is 9.47 Å². The van der Waals surface area contributed by atoms with Crippen molar-refractivity contribution in [3.63, 3.8) is 0 Å². The van der Waals surface area contributed by atoms with Gasteiger partial charge in [-0.25, -0.2) is 4.79 Å². The molecular weight excluding hydrogens is 380 g/mol. The quantitative estimate of drug-likeness (QED) is 0.399. The molecule has 4 heteroatoms. The first-order chi connectivity index (χ1) is 12.0. The Balaban J connectivity index is 1.75. The van der Waals surface area contributed by atoms with E-state index in [2.05, 4.69) is 29.8 Å². The van der Waals surface area contributed by atoms with Crippen LogP contribution in [-0.2, 0) is 0 Å².